The minimum absolute atomic E-state index is 0.333. The van der Waals surface area contributed by atoms with Gasteiger partial charge in [-0.3, -0.25) is 4.21 Å². The topological polar surface area (TPSA) is 55.1 Å². The summed E-state index contributed by atoms with van der Waals surface area (Å²) in [5.74, 6) is 0.690. The molecule has 0 aliphatic rings. The van der Waals surface area contributed by atoms with Gasteiger partial charge in [-0.1, -0.05) is 23.8 Å². The molecule has 3 N–H and O–H groups in total. The second-order valence-corrected chi connectivity index (χ2v) is 6.02. The molecule has 0 bridgehead atoms. The zero-order valence-corrected chi connectivity index (χ0v) is 11.9. The Labute approximate surface area is 114 Å². The van der Waals surface area contributed by atoms with E-state index in [1.165, 1.54) is 0 Å². The first-order chi connectivity index (χ1) is 8.00. The number of thiocarbonyl (C=S) groups is 1. The van der Waals surface area contributed by atoms with Crippen molar-refractivity contribution in [1.82, 2.24) is 0 Å². The molecule has 0 heterocycles. The van der Waals surface area contributed by atoms with Crippen LogP contribution < -0.4 is 11.1 Å². The maximum absolute atomic E-state index is 10.9. The summed E-state index contributed by atoms with van der Waals surface area (Å²) in [6.07, 6.45) is 2.54. The van der Waals surface area contributed by atoms with Crippen LogP contribution in [0.4, 0.5) is 5.69 Å². The standard InChI is InChI=1S/C11H15ClN2OS2/c1-17(15)6-2-5-14-10-4-3-8(11(13)16)7-9(10)12/h3-4,7,14H,2,5-6H2,1H3,(H2,13,16). The molecule has 0 saturated heterocycles. The third-order valence-electron chi connectivity index (χ3n) is 2.18. The predicted octanol–water partition coefficient (Wildman–Crippen LogP) is 2.15. The Morgan fingerprint density at radius 3 is 2.82 bits per heavy atom. The second-order valence-electron chi connectivity index (χ2n) is 3.62. The molecule has 1 rings (SSSR count). The third kappa shape index (κ3) is 5.02. The lowest BCUT2D eigenvalue weighted by atomic mass is 10.2. The quantitative estimate of drug-likeness (QED) is 0.623. The molecule has 0 aliphatic carbocycles. The lowest BCUT2D eigenvalue weighted by Crippen LogP contribution is -2.10. The van der Waals surface area contributed by atoms with E-state index in [-0.39, 0.29) is 0 Å². The van der Waals surface area contributed by atoms with Gasteiger partial charge in [0.05, 0.1) is 10.7 Å². The summed E-state index contributed by atoms with van der Waals surface area (Å²) < 4.78 is 10.9. The smallest absolute Gasteiger partial charge is 0.104 e. The SMILES string of the molecule is CS(=O)CCCNc1ccc(C(N)=S)cc1Cl. The molecule has 0 radical (unpaired) electrons. The zero-order valence-electron chi connectivity index (χ0n) is 9.53. The van der Waals surface area contributed by atoms with Gasteiger partial charge in [-0.15, -0.1) is 0 Å². The van der Waals surface area contributed by atoms with E-state index in [0.717, 1.165) is 24.2 Å². The number of anilines is 1. The lowest BCUT2D eigenvalue weighted by Gasteiger charge is -2.09. The molecular weight excluding hydrogens is 276 g/mol. The van der Waals surface area contributed by atoms with Gasteiger partial charge in [-0.25, -0.2) is 0 Å². The Hall–Kier alpha value is -0.650. The number of halogens is 1. The van der Waals surface area contributed by atoms with E-state index in [1.807, 2.05) is 12.1 Å². The van der Waals surface area contributed by atoms with Crippen molar-refractivity contribution in [2.45, 2.75) is 6.42 Å². The monoisotopic (exact) mass is 290 g/mol. The van der Waals surface area contributed by atoms with Crippen LogP contribution in [0.15, 0.2) is 18.2 Å². The van der Waals surface area contributed by atoms with Crippen LogP contribution in [0.2, 0.25) is 5.02 Å². The van der Waals surface area contributed by atoms with Gasteiger partial charge >= 0.3 is 0 Å². The largest absolute Gasteiger partial charge is 0.389 e. The molecule has 3 nitrogen and oxygen atoms in total. The van der Waals surface area contributed by atoms with Crippen molar-refractivity contribution in [1.29, 1.82) is 0 Å². The van der Waals surface area contributed by atoms with Crippen molar-refractivity contribution in [2.75, 3.05) is 23.9 Å². The molecular formula is C11H15ClN2OS2. The van der Waals surface area contributed by atoms with E-state index in [4.69, 9.17) is 29.6 Å². The predicted molar refractivity (Wildman–Crippen MR) is 79.4 cm³/mol. The number of nitrogens with two attached hydrogens (primary N) is 1. The Bertz CT molecular complexity index is 437. The number of hydrogen-bond donors (Lipinski definition) is 2. The highest BCUT2D eigenvalue weighted by atomic mass is 35.5. The van der Waals surface area contributed by atoms with Crippen molar-refractivity contribution in [2.24, 2.45) is 5.73 Å². The summed E-state index contributed by atoms with van der Waals surface area (Å²) in [6, 6.07) is 5.42. The maximum atomic E-state index is 10.9. The highest BCUT2D eigenvalue weighted by Crippen LogP contribution is 2.22. The number of nitrogens with one attached hydrogen (secondary N) is 1. The molecule has 0 aromatic heterocycles. The van der Waals surface area contributed by atoms with Crippen LogP contribution in [-0.4, -0.2) is 27.8 Å². The first-order valence-corrected chi connectivity index (χ1v) is 7.65. The average molecular weight is 291 g/mol. The molecule has 6 heteroatoms. The van der Waals surface area contributed by atoms with Gasteiger partial charge in [-0.05, 0) is 24.6 Å². The Kier molecular flexibility index (Phi) is 5.88. The van der Waals surface area contributed by atoms with E-state index in [1.54, 1.807) is 12.3 Å². The summed E-state index contributed by atoms with van der Waals surface area (Å²) in [7, 11) is -0.745. The molecule has 1 aromatic rings. The molecule has 1 unspecified atom stereocenters. The maximum Gasteiger partial charge on any atom is 0.104 e. The van der Waals surface area contributed by atoms with Gasteiger partial charge in [0, 0.05) is 34.9 Å². The average Bonchev–Trinajstić information content (AvgIpc) is 2.25. The van der Waals surface area contributed by atoms with Gasteiger partial charge in [-0.2, -0.15) is 0 Å². The van der Waals surface area contributed by atoms with Crippen LogP contribution >= 0.6 is 23.8 Å². The van der Waals surface area contributed by atoms with Crippen molar-refractivity contribution < 1.29 is 4.21 Å². The molecule has 0 spiro atoms. The number of benzene rings is 1. The normalized spacial score (nSPS) is 12.1. The minimum Gasteiger partial charge on any atom is -0.389 e. The van der Waals surface area contributed by atoms with Crippen molar-refractivity contribution in [3.63, 3.8) is 0 Å². The summed E-state index contributed by atoms with van der Waals surface area (Å²) >= 11 is 10.9. The van der Waals surface area contributed by atoms with Gasteiger partial charge < -0.3 is 11.1 Å². The number of hydrogen-bond acceptors (Lipinski definition) is 3. The fourth-order valence-electron chi connectivity index (χ4n) is 1.31. The van der Waals surface area contributed by atoms with Crippen molar-refractivity contribution >= 4 is 45.3 Å². The fourth-order valence-corrected chi connectivity index (χ4v) is 2.24. The first-order valence-electron chi connectivity index (χ1n) is 5.14. The van der Waals surface area contributed by atoms with Gasteiger partial charge in [0.1, 0.15) is 4.99 Å². The zero-order chi connectivity index (χ0) is 12.8. The van der Waals surface area contributed by atoms with E-state index >= 15 is 0 Å². The third-order valence-corrected chi connectivity index (χ3v) is 3.59. The Balaban J connectivity index is 2.54. The van der Waals surface area contributed by atoms with Crippen LogP contribution in [0.3, 0.4) is 0 Å². The van der Waals surface area contributed by atoms with E-state index in [9.17, 15) is 4.21 Å². The molecule has 0 amide bonds. The van der Waals surface area contributed by atoms with Crippen LogP contribution in [0, 0.1) is 0 Å². The van der Waals surface area contributed by atoms with E-state index < -0.39 is 10.8 Å². The summed E-state index contributed by atoms with van der Waals surface area (Å²) in [4.78, 5) is 0.333. The van der Waals surface area contributed by atoms with Crippen LogP contribution in [-0.2, 0) is 10.8 Å². The molecule has 0 fully saturated rings. The fraction of sp³-hybridized carbons (Fsp3) is 0.364. The molecule has 17 heavy (non-hydrogen) atoms. The second kappa shape index (κ2) is 6.93. The number of rotatable bonds is 6. The van der Waals surface area contributed by atoms with Crippen LogP contribution in [0.1, 0.15) is 12.0 Å². The summed E-state index contributed by atoms with van der Waals surface area (Å²) in [5, 5.41) is 3.77. The van der Waals surface area contributed by atoms with Crippen molar-refractivity contribution in [3.05, 3.63) is 28.8 Å². The van der Waals surface area contributed by atoms with Crippen molar-refractivity contribution in [3.8, 4) is 0 Å². The lowest BCUT2D eigenvalue weighted by molar-refractivity contribution is 0.685. The molecule has 1 aromatic carbocycles. The molecule has 0 saturated carbocycles. The highest BCUT2D eigenvalue weighted by molar-refractivity contribution is 7.84. The summed E-state index contributed by atoms with van der Waals surface area (Å²) in [6.45, 7) is 0.742. The first kappa shape index (κ1) is 14.4. The molecule has 0 aliphatic heterocycles. The van der Waals surface area contributed by atoms with Gasteiger partial charge in [0.25, 0.3) is 0 Å². The van der Waals surface area contributed by atoms with Crippen LogP contribution in [0.25, 0.3) is 0 Å². The molecule has 1 atom stereocenters. The van der Waals surface area contributed by atoms with Gasteiger partial charge in [0.2, 0.25) is 0 Å². The van der Waals surface area contributed by atoms with Gasteiger partial charge in [0.15, 0.2) is 0 Å². The van der Waals surface area contributed by atoms with E-state index in [0.29, 0.717) is 15.8 Å². The Morgan fingerprint density at radius 2 is 2.29 bits per heavy atom. The Morgan fingerprint density at radius 1 is 1.59 bits per heavy atom. The summed E-state index contributed by atoms with van der Waals surface area (Å²) in [5.41, 5.74) is 7.10. The van der Waals surface area contributed by atoms with E-state index in [2.05, 4.69) is 5.32 Å². The van der Waals surface area contributed by atoms with Crippen LogP contribution in [0.5, 0.6) is 0 Å². The minimum atomic E-state index is -0.745. The highest BCUT2D eigenvalue weighted by Gasteiger charge is 2.03. The molecule has 94 valence electrons.